The predicted molar refractivity (Wildman–Crippen MR) is 68.4 cm³/mol. The SMILES string of the molecule is N#Cc1ccnc(Oc2cccc(F)c2C(N)=O)c1N. The van der Waals surface area contributed by atoms with Crippen LogP contribution in [0, 0.1) is 17.1 Å². The minimum atomic E-state index is -0.979. The lowest BCUT2D eigenvalue weighted by atomic mass is 10.2. The van der Waals surface area contributed by atoms with E-state index < -0.39 is 17.3 Å². The van der Waals surface area contributed by atoms with Gasteiger partial charge in [0, 0.05) is 6.20 Å². The monoisotopic (exact) mass is 272 g/mol. The van der Waals surface area contributed by atoms with Crippen LogP contribution in [0.1, 0.15) is 15.9 Å². The summed E-state index contributed by atoms with van der Waals surface area (Å²) >= 11 is 0. The molecule has 6 nitrogen and oxygen atoms in total. The summed E-state index contributed by atoms with van der Waals surface area (Å²) in [5.74, 6) is -2.01. The van der Waals surface area contributed by atoms with Crippen molar-refractivity contribution in [3.8, 4) is 17.7 Å². The van der Waals surface area contributed by atoms with Crippen molar-refractivity contribution in [1.82, 2.24) is 4.98 Å². The number of halogens is 1. The Morgan fingerprint density at radius 2 is 2.15 bits per heavy atom. The lowest BCUT2D eigenvalue weighted by molar-refractivity contribution is 0.0994. The molecule has 20 heavy (non-hydrogen) atoms. The Morgan fingerprint density at radius 3 is 2.80 bits per heavy atom. The van der Waals surface area contributed by atoms with Gasteiger partial charge in [-0.05, 0) is 18.2 Å². The summed E-state index contributed by atoms with van der Waals surface area (Å²) in [6.45, 7) is 0. The van der Waals surface area contributed by atoms with Crippen molar-refractivity contribution in [2.45, 2.75) is 0 Å². The average Bonchev–Trinajstić information content (AvgIpc) is 2.41. The van der Waals surface area contributed by atoms with Crippen LogP contribution in [0.5, 0.6) is 11.6 Å². The Morgan fingerprint density at radius 1 is 1.40 bits per heavy atom. The number of pyridine rings is 1. The Hall–Kier alpha value is -3.14. The number of benzene rings is 1. The highest BCUT2D eigenvalue weighted by atomic mass is 19.1. The third-order valence-electron chi connectivity index (χ3n) is 2.50. The van der Waals surface area contributed by atoms with Crippen LogP contribution in [0.4, 0.5) is 10.1 Å². The molecule has 0 saturated carbocycles. The maximum absolute atomic E-state index is 13.6. The normalized spacial score (nSPS) is 9.80. The standard InChI is InChI=1S/C13H9FN4O2/c14-8-2-1-3-9(10(8)12(17)19)20-13-11(16)7(6-15)4-5-18-13/h1-5H,16H2,(H2,17,19). The Bertz CT molecular complexity index is 725. The van der Waals surface area contributed by atoms with E-state index in [0.29, 0.717) is 0 Å². The highest BCUT2D eigenvalue weighted by molar-refractivity contribution is 5.96. The van der Waals surface area contributed by atoms with Crippen molar-refractivity contribution < 1.29 is 13.9 Å². The zero-order valence-electron chi connectivity index (χ0n) is 10.1. The van der Waals surface area contributed by atoms with Crippen LogP contribution in [0.2, 0.25) is 0 Å². The number of anilines is 1. The van der Waals surface area contributed by atoms with Crippen LogP contribution in [0.25, 0.3) is 0 Å². The van der Waals surface area contributed by atoms with Crippen molar-refractivity contribution in [3.05, 3.63) is 47.4 Å². The van der Waals surface area contributed by atoms with E-state index in [2.05, 4.69) is 4.98 Å². The number of nitrogens with zero attached hydrogens (tertiary/aromatic N) is 2. The van der Waals surface area contributed by atoms with Crippen LogP contribution in [0.3, 0.4) is 0 Å². The number of nitrogens with two attached hydrogens (primary N) is 2. The van der Waals surface area contributed by atoms with Crippen LogP contribution in [0.15, 0.2) is 30.5 Å². The third kappa shape index (κ3) is 2.35. The fourth-order valence-corrected chi connectivity index (χ4v) is 1.57. The van der Waals surface area contributed by atoms with Gasteiger partial charge in [0.05, 0.1) is 5.56 Å². The number of carbonyl (C=O) groups is 1. The van der Waals surface area contributed by atoms with E-state index in [9.17, 15) is 9.18 Å². The molecule has 0 saturated heterocycles. The summed E-state index contributed by atoms with van der Waals surface area (Å²) in [5.41, 5.74) is 10.5. The second-order valence-corrected chi connectivity index (χ2v) is 3.77. The molecule has 0 bridgehead atoms. The zero-order valence-corrected chi connectivity index (χ0v) is 10.1. The largest absolute Gasteiger partial charge is 0.436 e. The molecule has 1 amide bonds. The van der Waals surface area contributed by atoms with Crippen molar-refractivity contribution in [1.29, 1.82) is 5.26 Å². The summed E-state index contributed by atoms with van der Waals surface area (Å²) in [6, 6.07) is 7.04. The first kappa shape index (κ1) is 13.3. The fourth-order valence-electron chi connectivity index (χ4n) is 1.57. The highest BCUT2D eigenvalue weighted by Crippen LogP contribution is 2.30. The summed E-state index contributed by atoms with van der Waals surface area (Å²) in [6.07, 6.45) is 1.31. The molecule has 0 spiro atoms. The van der Waals surface area contributed by atoms with Gasteiger partial charge >= 0.3 is 0 Å². The quantitative estimate of drug-likeness (QED) is 0.879. The minimum Gasteiger partial charge on any atom is -0.436 e. The number of ether oxygens (including phenoxy) is 1. The first-order valence-electron chi connectivity index (χ1n) is 5.45. The molecule has 0 aliphatic carbocycles. The number of carbonyl (C=O) groups excluding carboxylic acids is 1. The van der Waals surface area contributed by atoms with Gasteiger partial charge in [-0.3, -0.25) is 4.79 Å². The summed E-state index contributed by atoms with van der Waals surface area (Å²) in [4.78, 5) is 15.1. The number of hydrogen-bond acceptors (Lipinski definition) is 5. The number of nitriles is 1. The van der Waals surface area contributed by atoms with E-state index in [4.69, 9.17) is 21.5 Å². The molecule has 1 aromatic heterocycles. The number of primary amides is 1. The maximum Gasteiger partial charge on any atom is 0.255 e. The summed E-state index contributed by atoms with van der Waals surface area (Å²) in [5, 5.41) is 8.85. The van der Waals surface area contributed by atoms with Gasteiger partial charge in [-0.1, -0.05) is 6.07 Å². The Kier molecular flexibility index (Phi) is 3.48. The first-order chi connectivity index (χ1) is 9.54. The van der Waals surface area contributed by atoms with E-state index in [-0.39, 0.29) is 22.9 Å². The highest BCUT2D eigenvalue weighted by Gasteiger charge is 2.17. The summed E-state index contributed by atoms with van der Waals surface area (Å²) < 4.78 is 18.9. The fraction of sp³-hybridized carbons (Fsp3) is 0. The number of aromatic nitrogens is 1. The number of hydrogen-bond donors (Lipinski definition) is 2. The molecule has 0 aliphatic heterocycles. The van der Waals surface area contributed by atoms with Gasteiger partial charge in [0.2, 0.25) is 5.88 Å². The van der Waals surface area contributed by atoms with Crippen molar-refractivity contribution in [3.63, 3.8) is 0 Å². The molecule has 1 aromatic carbocycles. The Labute approximate surface area is 113 Å². The van der Waals surface area contributed by atoms with Gasteiger partial charge in [-0.15, -0.1) is 0 Å². The van der Waals surface area contributed by atoms with E-state index >= 15 is 0 Å². The van der Waals surface area contributed by atoms with Gasteiger partial charge in [0.25, 0.3) is 5.91 Å². The molecule has 2 aromatic rings. The van der Waals surface area contributed by atoms with Crippen LogP contribution >= 0.6 is 0 Å². The lowest BCUT2D eigenvalue weighted by Gasteiger charge is -2.10. The molecule has 0 aliphatic rings. The molecule has 2 rings (SSSR count). The molecule has 1 heterocycles. The molecule has 7 heteroatoms. The second kappa shape index (κ2) is 5.24. The Balaban J connectivity index is 2.49. The third-order valence-corrected chi connectivity index (χ3v) is 2.50. The van der Waals surface area contributed by atoms with Crippen LogP contribution < -0.4 is 16.2 Å². The van der Waals surface area contributed by atoms with E-state index in [1.165, 1.54) is 24.4 Å². The van der Waals surface area contributed by atoms with Gasteiger partial charge in [-0.2, -0.15) is 5.26 Å². The number of nitrogen functional groups attached to an aromatic ring is 1. The molecule has 0 radical (unpaired) electrons. The lowest BCUT2D eigenvalue weighted by Crippen LogP contribution is -2.14. The van der Waals surface area contributed by atoms with Crippen molar-refractivity contribution in [2.24, 2.45) is 5.73 Å². The predicted octanol–water partition coefficient (Wildman–Crippen LogP) is 1.57. The van der Waals surface area contributed by atoms with Gasteiger partial charge in [0.15, 0.2) is 0 Å². The molecule has 0 unspecified atom stereocenters. The van der Waals surface area contributed by atoms with E-state index in [0.717, 1.165) is 6.07 Å². The topological polar surface area (TPSA) is 115 Å². The molecule has 0 fully saturated rings. The molecular weight excluding hydrogens is 263 g/mol. The van der Waals surface area contributed by atoms with Crippen LogP contribution in [-0.2, 0) is 0 Å². The molecular formula is C13H9FN4O2. The zero-order chi connectivity index (χ0) is 14.7. The van der Waals surface area contributed by atoms with Crippen molar-refractivity contribution >= 4 is 11.6 Å². The molecule has 0 atom stereocenters. The molecule has 4 N–H and O–H groups in total. The average molecular weight is 272 g/mol. The van der Waals surface area contributed by atoms with Gasteiger partial charge < -0.3 is 16.2 Å². The second-order valence-electron chi connectivity index (χ2n) is 3.77. The van der Waals surface area contributed by atoms with E-state index in [1.807, 2.05) is 6.07 Å². The van der Waals surface area contributed by atoms with E-state index in [1.54, 1.807) is 0 Å². The minimum absolute atomic E-state index is 0.00492. The van der Waals surface area contributed by atoms with Gasteiger partial charge in [0.1, 0.15) is 28.9 Å². The van der Waals surface area contributed by atoms with Gasteiger partial charge in [-0.25, -0.2) is 9.37 Å². The maximum atomic E-state index is 13.6. The number of amides is 1. The molecule has 100 valence electrons. The number of rotatable bonds is 3. The van der Waals surface area contributed by atoms with Crippen molar-refractivity contribution in [2.75, 3.05) is 5.73 Å². The first-order valence-corrected chi connectivity index (χ1v) is 5.45. The smallest absolute Gasteiger partial charge is 0.255 e. The summed E-state index contributed by atoms with van der Waals surface area (Å²) in [7, 11) is 0. The van der Waals surface area contributed by atoms with Crippen LogP contribution in [-0.4, -0.2) is 10.9 Å².